The summed E-state index contributed by atoms with van der Waals surface area (Å²) in [7, 11) is 1.28. The van der Waals surface area contributed by atoms with E-state index in [4.69, 9.17) is 0 Å². The zero-order valence-corrected chi connectivity index (χ0v) is 19.9. The largest absolute Gasteiger partial charge is 0.466 e. The van der Waals surface area contributed by atoms with E-state index in [0.717, 1.165) is 25.9 Å². The van der Waals surface area contributed by atoms with E-state index in [-0.39, 0.29) is 37.5 Å². The van der Waals surface area contributed by atoms with Gasteiger partial charge in [-0.3, -0.25) is 14.5 Å². The Hall–Kier alpha value is -3.23. The lowest BCUT2D eigenvalue weighted by atomic mass is 9.96. The van der Waals surface area contributed by atoms with Crippen LogP contribution in [0, 0.1) is 0 Å². The summed E-state index contributed by atoms with van der Waals surface area (Å²) in [5.74, 6) is -1.02. The summed E-state index contributed by atoms with van der Waals surface area (Å²) in [6.45, 7) is 4.46. The number of fused-ring (bicyclic) bond motifs is 1. The van der Waals surface area contributed by atoms with E-state index >= 15 is 0 Å². The molecular weight excluding hydrogens is 432 g/mol. The Labute approximate surface area is 200 Å². The Bertz CT molecular complexity index is 1010. The average molecular weight is 467 g/mol. The molecule has 3 rings (SSSR count). The first kappa shape index (κ1) is 25.4. The molecule has 1 saturated heterocycles. The van der Waals surface area contributed by atoms with E-state index in [1.807, 2.05) is 0 Å². The zero-order chi connectivity index (χ0) is 24.3. The number of piperidine rings is 1. The van der Waals surface area contributed by atoms with E-state index in [1.165, 1.54) is 35.6 Å². The minimum absolute atomic E-state index is 0.104. The number of rotatable bonds is 10. The number of esters is 1. The molecule has 8 heteroatoms. The van der Waals surface area contributed by atoms with E-state index in [0.29, 0.717) is 6.04 Å². The second-order valence-corrected chi connectivity index (χ2v) is 8.44. The van der Waals surface area contributed by atoms with Gasteiger partial charge in [-0.05, 0) is 36.1 Å². The van der Waals surface area contributed by atoms with Crippen LogP contribution in [0.15, 0.2) is 54.6 Å². The summed E-state index contributed by atoms with van der Waals surface area (Å²) in [6.07, 6.45) is 4.66. The minimum Gasteiger partial charge on any atom is -0.466 e. The first-order valence-electron chi connectivity index (χ1n) is 11.7. The maximum absolute atomic E-state index is 12.1. The summed E-state index contributed by atoms with van der Waals surface area (Å²) >= 11 is 0. The van der Waals surface area contributed by atoms with Crippen LogP contribution in [0.5, 0.6) is 0 Å². The lowest BCUT2D eigenvalue weighted by molar-refractivity contribution is -0.134. The van der Waals surface area contributed by atoms with E-state index in [2.05, 4.69) is 75.0 Å². The quantitative estimate of drug-likeness (QED) is 0.366. The lowest BCUT2D eigenvalue weighted by Gasteiger charge is -2.37. The molecule has 1 heterocycles. The third-order valence-electron chi connectivity index (χ3n) is 6.22. The van der Waals surface area contributed by atoms with Gasteiger partial charge >= 0.3 is 5.97 Å². The Morgan fingerprint density at radius 1 is 1.03 bits per heavy atom. The van der Waals surface area contributed by atoms with Gasteiger partial charge in [-0.15, -0.1) is 0 Å². The van der Waals surface area contributed by atoms with Crippen molar-refractivity contribution in [2.24, 2.45) is 0 Å². The van der Waals surface area contributed by atoms with Gasteiger partial charge in [0.25, 0.3) is 0 Å². The number of hydrogen-bond donors (Lipinski definition) is 3. The van der Waals surface area contributed by atoms with Crippen molar-refractivity contribution < 1.29 is 19.1 Å². The number of nitrogens with one attached hydrogen (secondary N) is 3. The van der Waals surface area contributed by atoms with Gasteiger partial charge < -0.3 is 20.7 Å². The van der Waals surface area contributed by atoms with Crippen LogP contribution in [-0.2, 0) is 19.1 Å². The van der Waals surface area contributed by atoms with E-state index in [9.17, 15) is 14.4 Å². The van der Waals surface area contributed by atoms with Crippen molar-refractivity contribution in [1.29, 1.82) is 0 Å². The molecule has 0 aromatic heterocycles. The molecule has 2 aromatic carbocycles. The van der Waals surface area contributed by atoms with E-state index in [1.54, 1.807) is 0 Å². The molecule has 0 bridgehead atoms. The predicted octanol–water partition coefficient (Wildman–Crippen LogP) is 1.92. The standard InChI is InChI=1S/C26H34N4O4/c1-19(22-10-5-8-20-7-3-4-9-23(20)22)30-15-12-21(13-16-30)28-17-25(32)29-18-24(31)27-14-6-11-26(33)34-2/h3-11,19,21,28H,12-18H2,1-2H3,(H,27,31)(H,29,32)/b11-6+/t19-/m1/s1. The van der Waals surface area contributed by atoms with Crippen molar-refractivity contribution in [3.8, 4) is 0 Å². The molecule has 0 radical (unpaired) electrons. The highest BCUT2D eigenvalue weighted by atomic mass is 16.5. The van der Waals surface area contributed by atoms with Crippen LogP contribution in [0.2, 0.25) is 0 Å². The van der Waals surface area contributed by atoms with Gasteiger partial charge in [0.1, 0.15) is 0 Å². The molecule has 1 fully saturated rings. The number of likely N-dealkylation sites (tertiary alicyclic amines) is 1. The van der Waals surface area contributed by atoms with Crippen LogP contribution in [0.3, 0.4) is 0 Å². The molecule has 1 aliphatic rings. The predicted molar refractivity (Wildman–Crippen MR) is 132 cm³/mol. The fourth-order valence-electron chi connectivity index (χ4n) is 4.24. The Kier molecular flexibility index (Phi) is 9.61. The van der Waals surface area contributed by atoms with Gasteiger partial charge in [0.05, 0.1) is 20.2 Å². The summed E-state index contributed by atoms with van der Waals surface area (Å²) < 4.78 is 4.46. The van der Waals surface area contributed by atoms with Gasteiger partial charge in [-0.25, -0.2) is 4.79 Å². The summed E-state index contributed by atoms with van der Waals surface area (Å²) in [5, 5.41) is 11.1. The van der Waals surface area contributed by atoms with Crippen molar-refractivity contribution in [3.05, 3.63) is 60.2 Å². The number of ether oxygens (including phenoxy) is 1. The molecule has 0 aliphatic carbocycles. The number of methoxy groups -OCH3 is 1. The van der Waals surface area contributed by atoms with Crippen LogP contribution < -0.4 is 16.0 Å². The number of amides is 2. The topological polar surface area (TPSA) is 99.8 Å². The second-order valence-electron chi connectivity index (χ2n) is 8.44. The SMILES string of the molecule is COC(=O)/C=C/CNC(=O)CNC(=O)CNC1CCN([C@H](C)c2cccc3ccccc23)CC1. The molecule has 0 unspecified atom stereocenters. The smallest absolute Gasteiger partial charge is 0.330 e. The highest BCUT2D eigenvalue weighted by Crippen LogP contribution is 2.29. The fraction of sp³-hybridized carbons (Fsp3) is 0.423. The van der Waals surface area contributed by atoms with Gasteiger partial charge in [-0.1, -0.05) is 48.5 Å². The third kappa shape index (κ3) is 7.40. The summed E-state index contributed by atoms with van der Waals surface area (Å²) in [4.78, 5) is 37.3. The minimum atomic E-state index is -0.484. The normalized spacial score (nSPS) is 15.8. The van der Waals surface area contributed by atoms with Crippen molar-refractivity contribution in [3.63, 3.8) is 0 Å². The molecular formula is C26H34N4O4. The molecule has 2 amide bonds. The lowest BCUT2D eigenvalue weighted by Crippen LogP contribution is -2.47. The van der Waals surface area contributed by atoms with Crippen LogP contribution in [0.25, 0.3) is 10.8 Å². The van der Waals surface area contributed by atoms with Crippen molar-refractivity contribution >= 4 is 28.6 Å². The molecule has 1 atom stereocenters. The molecule has 1 aliphatic heterocycles. The van der Waals surface area contributed by atoms with Crippen molar-refractivity contribution in [2.75, 3.05) is 39.8 Å². The Morgan fingerprint density at radius 2 is 1.74 bits per heavy atom. The van der Waals surface area contributed by atoms with Crippen LogP contribution in [0.1, 0.15) is 31.4 Å². The fourth-order valence-corrected chi connectivity index (χ4v) is 4.24. The number of benzene rings is 2. The number of carbonyl (C=O) groups excluding carboxylic acids is 3. The molecule has 8 nitrogen and oxygen atoms in total. The Morgan fingerprint density at radius 3 is 2.50 bits per heavy atom. The van der Waals surface area contributed by atoms with Crippen molar-refractivity contribution in [2.45, 2.75) is 31.8 Å². The van der Waals surface area contributed by atoms with Crippen LogP contribution >= 0.6 is 0 Å². The van der Waals surface area contributed by atoms with E-state index < -0.39 is 5.97 Å². The van der Waals surface area contributed by atoms with Gasteiger partial charge in [0, 0.05) is 37.8 Å². The maximum atomic E-state index is 12.1. The monoisotopic (exact) mass is 466 g/mol. The summed E-state index contributed by atoms with van der Waals surface area (Å²) in [6, 6.07) is 15.6. The highest BCUT2D eigenvalue weighted by molar-refractivity contribution is 5.86. The van der Waals surface area contributed by atoms with Gasteiger partial charge in [0.15, 0.2) is 0 Å². The molecule has 0 saturated carbocycles. The second kappa shape index (κ2) is 12.9. The zero-order valence-electron chi connectivity index (χ0n) is 19.9. The number of carbonyl (C=O) groups is 3. The third-order valence-corrected chi connectivity index (χ3v) is 6.22. The molecule has 182 valence electrons. The Balaban J connectivity index is 1.35. The number of hydrogen-bond acceptors (Lipinski definition) is 6. The average Bonchev–Trinajstić information content (AvgIpc) is 2.88. The van der Waals surface area contributed by atoms with Gasteiger partial charge in [0.2, 0.25) is 11.8 Å². The van der Waals surface area contributed by atoms with Gasteiger partial charge in [-0.2, -0.15) is 0 Å². The molecule has 2 aromatic rings. The molecule has 3 N–H and O–H groups in total. The first-order chi connectivity index (χ1) is 16.5. The van der Waals surface area contributed by atoms with Crippen LogP contribution in [-0.4, -0.2) is 68.6 Å². The maximum Gasteiger partial charge on any atom is 0.330 e. The molecule has 34 heavy (non-hydrogen) atoms. The highest BCUT2D eigenvalue weighted by Gasteiger charge is 2.24. The number of nitrogens with zero attached hydrogens (tertiary/aromatic N) is 1. The van der Waals surface area contributed by atoms with Crippen LogP contribution in [0.4, 0.5) is 0 Å². The van der Waals surface area contributed by atoms with Crippen molar-refractivity contribution in [1.82, 2.24) is 20.9 Å². The summed E-state index contributed by atoms with van der Waals surface area (Å²) in [5.41, 5.74) is 1.35. The molecule has 0 spiro atoms. The first-order valence-corrected chi connectivity index (χ1v) is 11.7.